The fourth-order valence-electron chi connectivity index (χ4n) is 3.34. The Labute approximate surface area is 162 Å². The van der Waals surface area contributed by atoms with Crippen LogP contribution in [0.1, 0.15) is 12.5 Å². The highest BCUT2D eigenvalue weighted by Gasteiger charge is 2.21. The van der Waals surface area contributed by atoms with Crippen molar-refractivity contribution in [3.63, 3.8) is 0 Å². The van der Waals surface area contributed by atoms with Crippen molar-refractivity contribution in [1.82, 2.24) is 4.90 Å². The number of benzene rings is 2. The Morgan fingerprint density at radius 3 is 2.37 bits per heavy atom. The Hall–Kier alpha value is -2.24. The van der Waals surface area contributed by atoms with Crippen LogP contribution in [-0.4, -0.2) is 62.0 Å². The summed E-state index contributed by atoms with van der Waals surface area (Å²) in [4.78, 5) is 4.65. The normalized spacial score (nSPS) is 16.2. The Kier molecular flexibility index (Phi) is 6.96. The average Bonchev–Trinajstić information content (AvgIpc) is 2.69. The second-order valence-corrected chi connectivity index (χ2v) is 6.97. The highest BCUT2D eigenvalue weighted by atomic mass is 16.5. The van der Waals surface area contributed by atoms with E-state index < -0.39 is 6.10 Å². The van der Waals surface area contributed by atoms with Gasteiger partial charge in [0.25, 0.3) is 0 Å². The van der Waals surface area contributed by atoms with Crippen LogP contribution in [0.3, 0.4) is 0 Å². The number of hydrogen-bond acceptors (Lipinski definition) is 5. The highest BCUT2D eigenvalue weighted by molar-refractivity contribution is 5.58. The van der Waals surface area contributed by atoms with Crippen LogP contribution in [0.2, 0.25) is 0 Å². The van der Waals surface area contributed by atoms with Crippen LogP contribution in [0.4, 0.5) is 5.69 Å². The summed E-state index contributed by atoms with van der Waals surface area (Å²) < 4.78 is 11.4. The predicted octanol–water partition coefficient (Wildman–Crippen LogP) is 2.96. The van der Waals surface area contributed by atoms with Crippen molar-refractivity contribution in [2.75, 3.05) is 50.8 Å². The summed E-state index contributed by atoms with van der Waals surface area (Å²) in [6.07, 6.45) is -0.492. The summed E-state index contributed by atoms with van der Waals surface area (Å²) in [5, 5.41) is 10.3. The number of aliphatic hydroxyl groups is 1. The van der Waals surface area contributed by atoms with Crippen LogP contribution in [-0.2, 0) is 0 Å². The van der Waals surface area contributed by atoms with Gasteiger partial charge in [-0.3, -0.25) is 4.90 Å². The van der Waals surface area contributed by atoms with Gasteiger partial charge in [0.1, 0.15) is 24.2 Å². The van der Waals surface area contributed by atoms with E-state index in [9.17, 15) is 5.11 Å². The molecule has 27 heavy (non-hydrogen) atoms. The van der Waals surface area contributed by atoms with E-state index in [1.807, 2.05) is 50.2 Å². The van der Waals surface area contributed by atoms with Crippen LogP contribution in [0.25, 0.3) is 0 Å². The van der Waals surface area contributed by atoms with Crippen LogP contribution in [0, 0.1) is 6.92 Å². The van der Waals surface area contributed by atoms with E-state index in [0.29, 0.717) is 19.8 Å². The van der Waals surface area contributed by atoms with Gasteiger partial charge in [0.05, 0.1) is 12.3 Å². The zero-order valence-corrected chi connectivity index (χ0v) is 16.3. The molecule has 0 saturated carbocycles. The largest absolute Gasteiger partial charge is 0.492 e. The van der Waals surface area contributed by atoms with Crippen LogP contribution in [0.5, 0.6) is 11.5 Å². The number of piperazine rings is 1. The smallest absolute Gasteiger partial charge is 0.142 e. The van der Waals surface area contributed by atoms with E-state index in [1.165, 1.54) is 5.56 Å². The molecule has 1 fully saturated rings. The first-order valence-corrected chi connectivity index (χ1v) is 9.72. The van der Waals surface area contributed by atoms with Crippen LogP contribution < -0.4 is 14.4 Å². The molecular weight excluding hydrogens is 340 g/mol. The molecule has 1 saturated heterocycles. The number of ether oxygens (including phenoxy) is 2. The van der Waals surface area contributed by atoms with Crippen molar-refractivity contribution in [2.24, 2.45) is 0 Å². The average molecular weight is 370 g/mol. The molecule has 1 heterocycles. The lowest BCUT2D eigenvalue weighted by Gasteiger charge is -2.37. The first-order valence-electron chi connectivity index (χ1n) is 9.72. The quantitative estimate of drug-likeness (QED) is 0.774. The third-order valence-corrected chi connectivity index (χ3v) is 4.81. The molecule has 3 rings (SSSR count). The van der Waals surface area contributed by atoms with Crippen molar-refractivity contribution in [3.8, 4) is 11.5 Å². The van der Waals surface area contributed by atoms with Gasteiger partial charge in [-0.25, -0.2) is 0 Å². The minimum atomic E-state index is -0.492. The molecule has 2 aromatic carbocycles. The highest BCUT2D eigenvalue weighted by Crippen LogP contribution is 2.28. The van der Waals surface area contributed by atoms with Crippen molar-refractivity contribution in [3.05, 3.63) is 54.1 Å². The molecule has 0 radical (unpaired) electrons. The molecule has 0 aliphatic carbocycles. The van der Waals surface area contributed by atoms with Crippen molar-refractivity contribution < 1.29 is 14.6 Å². The Morgan fingerprint density at radius 2 is 1.67 bits per heavy atom. The molecule has 5 nitrogen and oxygen atoms in total. The number of rotatable bonds is 8. The molecular formula is C22H30N2O3. The molecule has 0 spiro atoms. The van der Waals surface area contributed by atoms with Gasteiger partial charge in [0, 0.05) is 32.7 Å². The Bertz CT molecular complexity index is 697. The number of aryl methyl sites for hydroxylation is 1. The molecule has 1 N–H and O–H groups in total. The molecule has 1 unspecified atom stereocenters. The standard InChI is InChI=1S/C22H30N2O3/c1-3-26-22-7-5-4-6-21(22)24-14-12-23(13-15-24)16-19(25)17-27-20-10-8-18(2)9-11-20/h4-11,19,25H,3,12-17H2,1-2H3. The molecule has 0 bridgehead atoms. The third-order valence-electron chi connectivity index (χ3n) is 4.81. The zero-order chi connectivity index (χ0) is 19.1. The summed E-state index contributed by atoms with van der Waals surface area (Å²) in [7, 11) is 0. The summed E-state index contributed by atoms with van der Waals surface area (Å²) in [6.45, 7) is 9.36. The molecule has 146 valence electrons. The van der Waals surface area contributed by atoms with E-state index in [1.54, 1.807) is 0 Å². The lowest BCUT2D eigenvalue weighted by molar-refractivity contribution is 0.0662. The van der Waals surface area contributed by atoms with E-state index in [0.717, 1.165) is 43.4 Å². The van der Waals surface area contributed by atoms with Gasteiger partial charge in [0.2, 0.25) is 0 Å². The van der Waals surface area contributed by atoms with E-state index >= 15 is 0 Å². The zero-order valence-electron chi connectivity index (χ0n) is 16.3. The Morgan fingerprint density at radius 1 is 0.963 bits per heavy atom. The molecule has 2 aromatic rings. The molecule has 0 amide bonds. The first kappa shape index (κ1) is 19.5. The van der Waals surface area contributed by atoms with Gasteiger partial charge < -0.3 is 19.5 Å². The lowest BCUT2D eigenvalue weighted by Crippen LogP contribution is -2.49. The summed E-state index contributed by atoms with van der Waals surface area (Å²) >= 11 is 0. The van der Waals surface area contributed by atoms with Gasteiger partial charge in [-0.05, 0) is 38.1 Å². The van der Waals surface area contributed by atoms with Gasteiger partial charge in [-0.15, -0.1) is 0 Å². The second-order valence-electron chi connectivity index (χ2n) is 6.97. The number of hydrogen-bond donors (Lipinski definition) is 1. The molecule has 1 aliphatic heterocycles. The van der Waals surface area contributed by atoms with E-state index in [2.05, 4.69) is 21.9 Å². The first-order chi connectivity index (χ1) is 13.2. The maximum Gasteiger partial charge on any atom is 0.142 e. The fraction of sp³-hybridized carbons (Fsp3) is 0.455. The SMILES string of the molecule is CCOc1ccccc1N1CCN(CC(O)COc2ccc(C)cc2)CC1. The van der Waals surface area contributed by atoms with E-state index in [4.69, 9.17) is 9.47 Å². The number of para-hydroxylation sites is 2. The topological polar surface area (TPSA) is 45.2 Å². The number of β-amino-alcohol motifs (C(OH)–C–C–N with tert-alkyl or cyclic N) is 1. The van der Waals surface area contributed by atoms with Crippen molar-refractivity contribution >= 4 is 5.69 Å². The van der Waals surface area contributed by atoms with Gasteiger partial charge in [0.15, 0.2) is 0 Å². The molecule has 5 heteroatoms. The van der Waals surface area contributed by atoms with Gasteiger partial charge in [-0.2, -0.15) is 0 Å². The summed E-state index contributed by atoms with van der Waals surface area (Å²) in [6, 6.07) is 16.1. The minimum absolute atomic E-state index is 0.316. The lowest BCUT2D eigenvalue weighted by atomic mass is 10.2. The maximum atomic E-state index is 10.3. The fourth-order valence-corrected chi connectivity index (χ4v) is 3.34. The monoisotopic (exact) mass is 370 g/mol. The van der Waals surface area contributed by atoms with Crippen LogP contribution >= 0.6 is 0 Å². The number of aliphatic hydroxyl groups excluding tert-OH is 1. The third kappa shape index (κ3) is 5.62. The molecule has 1 aliphatic rings. The van der Waals surface area contributed by atoms with Crippen molar-refractivity contribution in [2.45, 2.75) is 20.0 Å². The number of nitrogens with zero attached hydrogens (tertiary/aromatic N) is 2. The minimum Gasteiger partial charge on any atom is -0.492 e. The Balaban J connectivity index is 1.44. The molecule has 0 aromatic heterocycles. The van der Waals surface area contributed by atoms with Gasteiger partial charge in [-0.1, -0.05) is 29.8 Å². The maximum absolute atomic E-state index is 10.3. The number of anilines is 1. The molecule has 1 atom stereocenters. The van der Waals surface area contributed by atoms with E-state index in [-0.39, 0.29) is 0 Å². The predicted molar refractivity (Wildman–Crippen MR) is 109 cm³/mol. The van der Waals surface area contributed by atoms with Gasteiger partial charge >= 0.3 is 0 Å². The summed E-state index contributed by atoms with van der Waals surface area (Å²) in [5.74, 6) is 1.75. The van der Waals surface area contributed by atoms with Crippen molar-refractivity contribution in [1.29, 1.82) is 0 Å². The second kappa shape index (κ2) is 9.62. The van der Waals surface area contributed by atoms with Crippen LogP contribution in [0.15, 0.2) is 48.5 Å². The summed E-state index contributed by atoms with van der Waals surface area (Å²) in [5.41, 5.74) is 2.36.